The normalized spacial score (nSPS) is 41.9. The van der Waals surface area contributed by atoms with E-state index in [2.05, 4.69) is 13.8 Å². The molecule has 0 aromatic heterocycles. The fourth-order valence-electron chi connectivity index (χ4n) is 3.39. The van der Waals surface area contributed by atoms with Crippen molar-refractivity contribution in [3.63, 3.8) is 0 Å². The predicted molar refractivity (Wildman–Crippen MR) is 75.5 cm³/mol. The molecule has 0 spiro atoms. The summed E-state index contributed by atoms with van der Waals surface area (Å²) in [6.07, 6.45) is 3.07. The fourth-order valence-corrected chi connectivity index (χ4v) is 15.0. The summed E-state index contributed by atoms with van der Waals surface area (Å²) in [5.41, 5.74) is 0. The van der Waals surface area contributed by atoms with E-state index in [4.69, 9.17) is 15.6 Å². The molecule has 0 radical (unpaired) electrons. The first-order chi connectivity index (χ1) is 9.69. The summed E-state index contributed by atoms with van der Waals surface area (Å²) in [4.78, 5) is 0. The van der Waals surface area contributed by atoms with Gasteiger partial charge in [0, 0.05) is 0 Å². The molecule has 2 bridgehead atoms. The number of fused-ring (bicyclic) bond motifs is 4. The molecule has 6 heteroatoms. The molecule has 0 aliphatic carbocycles. The van der Waals surface area contributed by atoms with E-state index >= 15 is 0 Å². The molecular weight excluding hydrogens is 367 g/mol. The zero-order chi connectivity index (χ0) is 14.2. The molecule has 5 nitrogen and oxygen atoms in total. The van der Waals surface area contributed by atoms with Gasteiger partial charge in [0.25, 0.3) is 0 Å². The Kier molecular flexibility index (Phi) is 4.94. The second-order valence-electron chi connectivity index (χ2n) is 6.15. The van der Waals surface area contributed by atoms with Gasteiger partial charge in [-0.1, -0.05) is 0 Å². The molecule has 3 saturated heterocycles. The molecule has 5 atom stereocenters. The fraction of sp³-hybridized carbons (Fsp3) is 1.00. The number of rotatable bonds is 6. The standard InChI is InChI=1S/C6H8O5.2C4H9.Sn/c7-3-2-1-10-6(11-2)5(9)4(3)8;2*1-3-4-2;/h2-7H,1H2;2*1,3-4H2,2H3;/q-2;;;+2/t2-,3-,4+,5-,6-;;;/m1.../s1. The first-order valence-corrected chi connectivity index (χ1v) is 14.4. The van der Waals surface area contributed by atoms with Gasteiger partial charge in [0.2, 0.25) is 0 Å². The first-order valence-electron chi connectivity index (χ1n) is 8.00. The van der Waals surface area contributed by atoms with Crippen molar-refractivity contribution >= 4 is 19.2 Å². The molecule has 0 aromatic carbocycles. The van der Waals surface area contributed by atoms with Crippen LogP contribution >= 0.6 is 0 Å². The van der Waals surface area contributed by atoms with Crippen LogP contribution in [0, 0.1) is 0 Å². The van der Waals surface area contributed by atoms with Gasteiger partial charge >= 0.3 is 126 Å². The van der Waals surface area contributed by atoms with E-state index in [-0.39, 0.29) is 24.6 Å². The van der Waals surface area contributed by atoms with Crippen molar-refractivity contribution in [2.75, 3.05) is 6.61 Å². The van der Waals surface area contributed by atoms with Crippen LogP contribution in [-0.2, 0) is 15.6 Å². The van der Waals surface area contributed by atoms with Crippen molar-refractivity contribution in [1.29, 1.82) is 0 Å². The van der Waals surface area contributed by atoms with Crippen molar-refractivity contribution in [3.8, 4) is 0 Å². The minimum absolute atomic E-state index is 0.201. The van der Waals surface area contributed by atoms with Gasteiger partial charge in [0.15, 0.2) is 0 Å². The third kappa shape index (κ3) is 2.77. The Balaban J connectivity index is 1.74. The van der Waals surface area contributed by atoms with Crippen LogP contribution in [0.4, 0.5) is 0 Å². The quantitative estimate of drug-likeness (QED) is 0.700. The molecule has 20 heavy (non-hydrogen) atoms. The average Bonchev–Trinajstić information content (AvgIpc) is 3.05. The summed E-state index contributed by atoms with van der Waals surface area (Å²) in [5, 5.41) is 10.4. The SMILES string of the molecule is CCC[CH2][Sn]1([CH2]CCC)[O][C@H]2[C@@H]3OC[C@@H](O3)[C@@H](O)[C@@H]2[O]1. The number of ether oxygens (including phenoxy) is 2. The van der Waals surface area contributed by atoms with Gasteiger partial charge < -0.3 is 0 Å². The molecule has 3 aliphatic rings. The summed E-state index contributed by atoms with van der Waals surface area (Å²) in [5.74, 6) is 0. The van der Waals surface area contributed by atoms with Crippen molar-refractivity contribution in [2.45, 2.75) is 79.1 Å². The Hall–Kier alpha value is 0.599. The van der Waals surface area contributed by atoms with Crippen LogP contribution in [0.25, 0.3) is 0 Å². The number of hydrogen-bond acceptors (Lipinski definition) is 5. The summed E-state index contributed by atoms with van der Waals surface area (Å²) >= 11 is -3.04. The van der Waals surface area contributed by atoms with E-state index in [1.807, 2.05) is 0 Å². The number of aliphatic hydroxyl groups is 1. The Labute approximate surface area is 125 Å². The predicted octanol–water partition coefficient (Wildman–Crippen LogP) is 1.93. The Morgan fingerprint density at radius 1 is 1.05 bits per heavy atom. The third-order valence-corrected chi connectivity index (χ3v) is 14.9. The van der Waals surface area contributed by atoms with Crippen molar-refractivity contribution in [2.24, 2.45) is 0 Å². The molecule has 3 rings (SSSR count). The maximum absolute atomic E-state index is 10.4. The van der Waals surface area contributed by atoms with E-state index in [0.717, 1.165) is 34.6 Å². The number of hydrogen-bond donors (Lipinski definition) is 1. The number of aliphatic hydroxyl groups excluding tert-OH is 1. The van der Waals surface area contributed by atoms with Crippen molar-refractivity contribution in [3.05, 3.63) is 0 Å². The van der Waals surface area contributed by atoms with Crippen LogP contribution < -0.4 is 0 Å². The van der Waals surface area contributed by atoms with Crippen LogP contribution in [0.15, 0.2) is 0 Å². The van der Waals surface area contributed by atoms with Crippen molar-refractivity contribution < 1.29 is 20.7 Å². The molecule has 0 unspecified atom stereocenters. The third-order valence-electron chi connectivity index (χ3n) is 4.57. The first kappa shape index (κ1) is 15.5. The second kappa shape index (κ2) is 6.38. The Morgan fingerprint density at radius 2 is 1.70 bits per heavy atom. The van der Waals surface area contributed by atoms with Gasteiger partial charge in [-0.2, -0.15) is 0 Å². The zero-order valence-electron chi connectivity index (χ0n) is 12.4. The van der Waals surface area contributed by atoms with Crippen LogP contribution in [-0.4, -0.2) is 61.6 Å². The average molecular weight is 393 g/mol. The van der Waals surface area contributed by atoms with Gasteiger partial charge in [-0.15, -0.1) is 0 Å². The topological polar surface area (TPSA) is 57.2 Å². The Bertz CT molecular complexity index is 324. The minimum atomic E-state index is -3.04. The van der Waals surface area contributed by atoms with Gasteiger partial charge in [-0.05, 0) is 0 Å². The van der Waals surface area contributed by atoms with Gasteiger partial charge in [-0.3, -0.25) is 0 Å². The Morgan fingerprint density at radius 3 is 2.35 bits per heavy atom. The molecule has 0 saturated carbocycles. The summed E-state index contributed by atoms with van der Waals surface area (Å²) in [7, 11) is 0. The summed E-state index contributed by atoms with van der Waals surface area (Å²) in [6, 6.07) is 0. The molecule has 3 fully saturated rings. The summed E-state index contributed by atoms with van der Waals surface area (Å²) in [6.45, 7) is 4.85. The second-order valence-corrected chi connectivity index (χ2v) is 15.5. The van der Waals surface area contributed by atoms with Crippen LogP contribution in [0.1, 0.15) is 39.5 Å². The molecular formula is C14H26O5Sn. The molecule has 3 aliphatic heterocycles. The van der Waals surface area contributed by atoms with E-state index in [9.17, 15) is 5.11 Å². The van der Waals surface area contributed by atoms with Crippen LogP contribution in [0.2, 0.25) is 8.87 Å². The summed E-state index contributed by atoms with van der Waals surface area (Å²) < 4.78 is 26.3. The monoisotopic (exact) mass is 394 g/mol. The van der Waals surface area contributed by atoms with E-state index < -0.39 is 25.3 Å². The molecule has 0 amide bonds. The van der Waals surface area contributed by atoms with Gasteiger partial charge in [0.1, 0.15) is 0 Å². The molecule has 0 aromatic rings. The van der Waals surface area contributed by atoms with E-state index in [1.165, 1.54) is 0 Å². The molecule has 116 valence electrons. The van der Waals surface area contributed by atoms with Gasteiger partial charge in [0.05, 0.1) is 0 Å². The molecule has 3 heterocycles. The van der Waals surface area contributed by atoms with E-state index in [1.54, 1.807) is 0 Å². The van der Waals surface area contributed by atoms with Crippen LogP contribution in [0.5, 0.6) is 0 Å². The van der Waals surface area contributed by atoms with Crippen molar-refractivity contribution in [1.82, 2.24) is 0 Å². The zero-order valence-corrected chi connectivity index (χ0v) is 15.3. The molecule has 1 N–H and O–H groups in total. The van der Waals surface area contributed by atoms with E-state index in [0.29, 0.717) is 6.61 Å². The maximum atomic E-state index is 10.4. The van der Waals surface area contributed by atoms with Gasteiger partial charge in [-0.25, -0.2) is 0 Å². The van der Waals surface area contributed by atoms with Crippen LogP contribution in [0.3, 0.4) is 0 Å². The number of unbranched alkanes of at least 4 members (excludes halogenated alkanes) is 2.